The molecule has 4 heteroatoms. The molecule has 22 heavy (non-hydrogen) atoms. The molecular weight excluding hydrogens is 274 g/mol. The Bertz CT molecular complexity index is 522. The highest BCUT2D eigenvalue weighted by atomic mass is 16.2. The minimum Gasteiger partial charge on any atom is -0.343 e. The Labute approximate surface area is 133 Å². The molecule has 0 radical (unpaired) electrons. The first-order valence-electron chi connectivity index (χ1n) is 8.84. The van der Waals surface area contributed by atoms with Crippen molar-refractivity contribution in [1.82, 2.24) is 14.5 Å². The average molecular weight is 303 g/mol. The van der Waals surface area contributed by atoms with E-state index in [0.29, 0.717) is 30.1 Å². The number of likely N-dealkylation sites (tertiary alicyclic amines) is 1. The van der Waals surface area contributed by atoms with Gasteiger partial charge >= 0.3 is 0 Å². The molecular formula is C18H29N3O. The summed E-state index contributed by atoms with van der Waals surface area (Å²) in [5.74, 6) is 3.50. The fourth-order valence-corrected chi connectivity index (χ4v) is 3.49. The number of aryl methyl sites for hydroxylation is 1. The van der Waals surface area contributed by atoms with Crippen LogP contribution in [0.15, 0.2) is 6.20 Å². The van der Waals surface area contributed by atoms with Crippen LogP contribution in [0.25, 0.3) is 0 Å². The Hall–Kier alpha value is -1.32. The molecule has 1 aromatic heterocycles. The number of imidazole rings is 1. The minimum absolute atomic E-state index is 0.339. The Balaban J connectivity index is 1.54. The Kier molecular flexibility index (Phi) is 4.55. The van der Waals surface area contributed by atoms with Crippen LogP contribution in [-0.4, -0.2) is 33.4 Å². The van der Waals surface area contributed by atoms with Gasteiger partial charge in [-0.05, 0) is 44.4 Å². The van der Waals surface area contributed by atoms with Crippen molar-refractivity contribution in [1.29, 1.82) is 0 Å². The second-order valence-electron chi connectivity index (χ2n) is 7.56. The smallest absolute Gasteiger partial charge is 0.222 e. The van der Waals surface area contributed by atoms with Gasteiger partial charge in [-0.15, -0.1) is 0 Å². The van der Waals surface area contributed by atoms with Crippen molar-refractivity contribution in [2.24, 2.45) is 11.8 Å². The lowest BCUT2D eigenvalue weighted by atomic mass is 9.95. The molecule has 2 fully saturated rings. The van der Waals surface area contributed by atoms with Gasteiger partial charge in [0.15, 0.2) is 0 Å². The van der Waals surface area contributed by atoms with E-state index in [1.54, 1.807) is 0 Å². The first kappa shape index (κ1) is 15.6. The van der Waals surface area contributed by atoms with Gasteiger partial charge in [0.25, 0.3) is 0 Å². The van der Waals surface area contributed by atoms with Crippen molar-refractivity contribution >= 4 is 5.91 Å². The van der Waals surface area contributed by atoms with Crippen LogP contribution in [0, 0.1) is 18.8 Å². The number of rotatable bonds is 5. The first-order valence-corrected chi connectivity index (χ1v) is 8.84. The third kappa shape index (κ3) is 3.53. The zero-order valence-corrected chi connectivity index (χ0v) is 14.2. The van der Waals surface area contributed by atoms with E-state index >= 15 is 0 Å². The second-order valence-corrected chi connectivity index (χ2v) is 7.56. The van der Waals surface area contributed by atoms with E-state index in [1.807, 2.05) is 6.20 Å². The number of nitrogens with zero attached hydrogens (tertiary/aromatic N) is 3. The fourth-order valence-electron chi connectivity index (χ4n) is 3.49. The van der Waals surface area contributed by atoms with Gasteiger partial charge in [0.1, 0.15) is 5.82 Å². The molecule has 0 N–H and O–H groups in total. The van der Waals surface area contributed by atoms with Crippen molar-refractivity contribution in [2.45, 2.75) is 65.3 Å². The highest BCUT2D eigenvalue weighted by Crippen LogP contribution is 2.40. The van der Waals surface area contributed by atoms with Crippen LogP contribution in [0.1, 0.15) is 63.4 Å². The standard InChI is InChI=1S/C18H29N3O/c1-13(2)10-17(22)20-8-6-15(7-9-20)12-21-14(3)11-19-18(21)16-4-5-16/h11,13,15-16H,4-10,12H2,1-3H3. The monoisotopic (exact) mass is 303 g/mol. The SMILES string of the molecule is Cc1cnc(C2CC2)n1CC1CCN(C(=O)CC(C)C)CC1. The molecule has 2 heterocycles. The Morgan fingerprint density at radius 1 is 1.27 bits per heavy atom. The number of amides is 1. The summed E-state index contributed by atoms with van der Waals surface area (Å²) < 4.78 is 2.44. The van der Waals surface area contributed by atoms with Crippen LogP contribution in [0.3, 0.4) is 0 Å². The zero-order valence-electron chi connectivity index (χ0n) is 14.2. The van der Waals surface area contributed by atoms with Crippen molar-refractivity contribution in [3.05, 3.63) is 17.7 Å². The van der Waals surface area contributed by atoms with Crippen LogP contribution < -0.4 is 0 Å². The Morgan fingerprint density at radius 3 is 2.55 bits per heavy atom. The van der Waals surface area contributed by atoms with Gasteiger partial charge in [0, 0.05) is 43.9 Å². The lowest BCUT2D eigenvalue weighted by molar-refractivity contribution is -0.133. The molecule has 1 saturated heterocycles. The molecule has 0 aromatic carbocycles. The molecule has 122 valence electrons. The minimum atomic E-state index is 0.339. The summed E-state index contributed by atoms with van der Waals surface area (Å²) in [5.41, 5.74) is 1.29. The number of aromatic nitrogens is 2. The van der Waals surface area contributed by atoms with Gasteiger partial charge in [-0.25, -0.2) is 4.98 Å². The summed E-state index contributed by atoms with van der Waals surface area (Å²) in [6, 6.07) is 0. The predicted molar refractivity (Wildman–Crippen MR) is 87.7 cm³/mol. The van der Waals surface area contributed by atoms with Crippen LogP contribution in [0.4, 0.5) is 0 Å². The molecule has 4 nitrogen and oxygen atoms in total. The zero-order chi connectivity index (χ0) is 15.7. The highest BCUT2D eigenvalue weighted by molar-refractivity contribution is 5.76. The Morgan fingerprint density at radius 2 is 1.95 bits per heavy atom. The topological polar surface area (TPSA) is 38.1 Å². The quantitative estimate of drug-likeness (QED) is 0.836. The number of hydrogen-bond acceptors (Lipinski definition) is 2. The van der Waals surface area contributed by atoms with Gasteiger partial charge in [-0.2, -0.15) is 0 Å². The van der Waals surface area contributed by atoms with E-state index in [0.717, 1.165) is 32.5 Å². The molecule has 0 atom stereocenters. The molecule has 1 saturated carbocycles. The highest BCUT2D eigenvalue weighted by Gasteiger charge is 2.30. The molecule has 3 rings (SSSR count). The van der Waals surface area contributed by atoms with Crippen molar-refractivity contribution < 1.29 is 4.79 Å². The summed E-state index contributed by atoms with van der Waals surface area (Å²) >= 11 is 0. The normalized spacial score (nSPS) is 19.9. The molecule has 0 unspecified atom stereocenters. The molecule has 1 aliphatic heterocycles. The molecule has 1 aromatic rings. The van der Waals surface area contributed by atoms with E-state index in [9.17, 15) is 4.79 Å². The van der Waals surface area contributed by atoms with Crippen molar-refractivity contribution in [2.75, 3.05) is 13.1 Å². The van der Waals surface area contributed by atoms with E-state index in [4.69, 9.17) is 0 Å². The predicted octanol–water partition coefficient (Wildman–Crippen LogP) is 3.35. The maximum absolute atomic E-state index is 12.1. The van der Waals surface area contributed by atoms with Crippen molar-refractivity contribution in [3.63, 3.8) is 0 Å². The summed E-state index contributed by atoms with van der Waals surface area (Å²) in [4.78, 5) is 18.8. The molecule has 1 amide bonds. The van der Waals surface area contributed by atoms with Gasteiger partial charge in [0.05, 0.1) is 0 Å². The van der Waals surface area contributed by atoms with Crippen LogP contribution in [-0.2, 0) is 11.3 Å². The fraction of sp³-hybridized carbons (Fsp3) is 0.778. The third-order valence-electron chi connectivity index (χ3n) is 5.02. The van der Waals surface area contributed by atoms with E-state index < -0.39 is 0 Å². The lowest BCUT2D eigenvalue weighted by Gasteiger charge is -2.33. The average Bonchev–Trinajstić information content (AvgIpc) is 3.25. The number of piperidine rings is 1. The lowest BCUT2D eigenvalue weighted by Crippen LogP contribution is -2.39. The number of carbonyl (C=O) groups is 1. The molecule has 0 bridgehead atoms. The second kappa shape index (κ2) is 6.43. The third-order valence-corrected chi connectivity index (χ3v) is 5.02. The summed E-state index contributed by atoms with van der Waals surface area (Å²) in [5, 5.41) is 0. The summed E-state index contributed by atoms with van der Waals surface area (Å²) in [6.45, 7) is 9.35. The molecule has 2 aliphatic rings. The maximum Gasteiger partial charge on any atom is 0.222 e. The van der Waals surface area contributed by atoms with Gasteiger partial charge in [0.2, 0.25) is 5.91 Å². The maximum atomic E-state index is 12.1. The van der Waals surface area contributed by atoms with Gasteiger partial charge in [-0.3, -0.25) is 4.79 Å². The summed E-state index contributed by atoms with van der Waals surface area (Å²) in [7, 11) is 0. The largest absolute Gasteiger partial charge is 0.343 e. The van der Waals surface area contributed by atoms with Crippen LogP contribution in [0.5, 0.6) is 0 Å². The molecule has 0 spiro atoms. The molecule has 1 aliphatic carbocycles. The van der Waals surface area contributed by atoms with E-state index in [2.05, 4.69) is 35.2 Å². The van der Waals surface area contributed by atoms with Crippen LogP contribution in [0.2, 0.25) is 0 Å². The van der Waals surface area contributed by atoms with E-state index in [1.165, 1.54) is 24.4 Å². The summed E-state index contributed by atoms with van der Waals surface area (Å²) in [6.07, 6.45) is 7.58. The van der Waals surface area contributed by atoms with Crippen LogP contribution >= 0.6 is 0 Å². The number of carbonyl (C=O) groups excluding carboxylic acids is 1. The first-order chi connectivity index (χ1) is 10.5. The van der Waals surface area contributed by atoms with Crippen molar-refractivity contribution in [3.8, 4) is 0 Å². The van der Waals surface area contributed by atoms with Gasteiger partial charge < -0.3 is 9.47 Å². The van der Waals surface area contributed by atoms with Gasteiger partial charge in [-0.1, -0.05) is 13.8 Å². The van der Waals surface area contributed by atoms with E-state index in [-0.39, 0.29) is 0 Å². The number of hydrogen-bond donors (Lipinski definition) is 0.